The van der Waals surface area contributed by atoms with Crippen LogP contribution in [-0.2, 0) is 4.74 Å². The van der Waals surface area contributed by atoms with E-state index in [4.69, 9.17) is 27.9 Å². The van der Waals surface area contributed by atoms with Crippen LogP contribution >= 0.6 is 23.2 Å². The molecule has 1 heterocycles. The predicted molar refractivity (Wildman–Crippen MR) is 112 cm³/mol. The van der Waals surface area contributed by atoms with E-state index in [2.05, 4.69) is 16.4 Å². The molecule has 0 aliphatic carbocycles. The highest BCUT2D eigenvalue weighted by molar-refractivity contribution is 6.34. The van der Waals surface area contributed by atoms with Crippen LogP contribution in [0, 0.1) is 11.3 Å². The summed E-state index contributed by atoms with van der Waals surface area (Å²) in [5, 5.41) is 13.8. The monoisotopic (exact) mass is 413 g/mol. The third-order valence-electron chi connectivity index (χ3n) is 3.86. The average Bonchev–Trinajstić information content (AvgIpc) is 2.61. The van der Waals surface area contributed by atoms with Crippen LogP contribution < -0.4 is 5.32 Å². The van der Waals surface area contributed by atoms with Gasteiger partial charge in [-0.25, -0.2) is 4.79 Å². The Labute approximate surface area is 172 Å². The molecule has 3 aromatic rings. The highest BCUT2D eigenvalue weighted by Crippen LogP contribution is 2.36. The van der Waals surface area contributed by atoms with Crippen molar-refractivity contribution in [3.63, 3.8) is 0 Å². The molecule has 142 valence electrons. The number of carbonyl (C=O) groups excluding carboxylic acids is 1. The Morgan fingerprint density at radius 2 is 1.86 bits per heavy atom. The van der Waals surface area contributed by atoms with E-state index in [0.717, 1.165) is 11.1 Å². The Bertz CT molecular complexity index is 1100. The number of nitriles is 1. The van der Waals surface area contributed by atoms with E-state index in [1.54, 1.807) is 45.0 Å². The number of fused-ring (bicyclic) bond motifs is 1. The lowest BCUT2D eigenvalue weighted by Gasteiger charge is -2.20. The quantitative estimate of drug-likeness (QED) is 0.525. The summed E-state index contributed by atoms with van der Waals surface area (Å²) < 4.78 is 5.32. The molecular weight excluding hydrogens is 397 g/mol. The molecule has 0 atom stereocenters. The van der Waals surface area contributed by atoms with Crippen molar-refractivity contribution in [3.05, 3.63) is 58.2 Å². The van der Waals surface area contributed by atoms with Crippen molar-refractivity contribution in [1.29, 1.82) is 5.26 Å². The molecule has 0 saturated carbocycles. The van der Waals surface area contributed by atoms with Gasteiger partial charge in [0, 0.05) is 22.2 Å². The average molecular weight is 414 g/mol. The van der Waals surface area contributed by atoms with E-state index in [1.165, 1.54) is 6.20 Å². The number of ether oxygens (including phenoxy) is 1. The molecule has 28 heavy (non-hydrogen) atoms. The van der Waals surface area contributed by atoms with E-state index in [0.29, 0.717) is 26.6 Å². The Kier molecular flexibility index (Phi) is 5.46. The molecule has 0 aliphatic heterocycles. The second kappa shape index (κ2) is 7.67. The summed E-state index contributed by atoms with van der Waals surface area (Å²) >= 11 is 12.4. The van der Waals surface area contributed by atoms with Gasteiger partial charge in [0.2, 0.25) is 0 Å². The minimum atomic E-state index is -0.669. The maximum absolute atomic E-state index is 12.3. The van der Waals surface area contributed by atoms with Crippen molar-refractivity contribution in [2.24, 2.45) is 0 Å². The van der Waals surface area contributed by atoms with Gasteiger partial charge in [-0.15, -0.1) is 0 Å². The lowest BCUT2D eigenvalue weighted by Crippen LogP contribution is -2.27. The fraction of sp³-hybridized carbons (Fsp3) is 0.190. The van der Waals surface area contributed by atoms with Crippen LogP contribution in [0.4, 0.5) is 10.5 Å². The van der Waals surface area contributed by atoms with Crippen molar-refractivity contribution in [1.82, 2.24) is 4.98 Å². The molecule has 0 aliphatic rings. The number of aromatic nitrogens is 1. The van der Waals surface area contributed by atoms with Gasteiger partial charge in [-0.05, 0) is 50.6 Å². The first kappa shape index (κ1) is 19.9. The van der Waals surface area contributed by atoms with Crippen molar-refractivity contribution < 1.29 is 9.53 Å². The molecule has 7 heteroatoms. The maximum Gasteiger partial charge on any atom is 0.412 e. The van der Waals surface area contributed by atoms with Gasteiger partial charge in [0.1, 0.15) is 11.7 Å². The molecule has 1 aromatic heterocycles. The Balaban J connectivity index is 2.15. The number of rotatable bonds is 2. The zero-order chi connectivity index (χ0) is 20.5. The number of halogens is 2. The van der Waals surface area contributed by atoms with Gasteiger partial charge < -0.3 is 4.74 Å². The first-order chi connectivity index (χ1) is 13.2. The SMILES string of the molecule is CC(C)(C)OC(=O)Nc1c(C#N)cnc2cc(Cl)c(-c3ccc(Cl)cc3)cc12. The van der Waals surface area contributed by atoms with Crippen LogP contribution in [0.3, 0.4) is 0 Å². The molecule has 2 aromatic carbocycles. The second-order valence-corrected chi connectivity index (χ2v) is 7.99. The molecule has 0 unspecified atom stereocenters. The van der Waals surface area contributed by atoms with Crippen LogP contribution in [0.15, 0.2) is 42.6 Å². The molecule has 1 amide bonds. The maximum atomic E-state index is 12.3. The molecule has 3 rings (SSSR count). The topological polar surface area (TPSA) is 75.0 Å². The molecule has 5 nitrogen and oxygen atoms in total. The summed E-state index contributed by atoms with van der Waals surface area (Å²) in [6, 6.07) is 12.8. The smallest absolute Gasteiger partial charge is 0.412 e. The zero-order valence-electron chi connectivity index (χ0n) is 15.5. The van der Waals surface area contributed by atoms with Crippen LogP contribution in [0.2, 0.25) is 10.0 Å². The summed E-state index contributed by atoms with van der Waals surface area (Å²) in [4.78, 5) is 16.6. The minimum Gasteiger partial charge on any atom is -0.444 e. The summed E-state index contributed by atoms with van der Waals surface area (Å²) in [5.74, 6) is 0. The molecule has 0 bridgehead atoms. The lowest BCUT2D eigenvalue weighted by atomic mass is 10.0. The van der Waals surface area contributed by atoms with Crippen molar-refractivity contribution >= 4 is 45.9 Å². The van der Waals surface area contributed by atoms with E-state index in [-0.39, 0.29) is 5.56 Å². The minimum absolute atomic E-state index is 0.225. The van der Waals surface area contributed by atoms with Gasteiger partial charge in [0.25, 0.3) is 0 Å². The number of anilines is 1. The summed E-state index contributed by atoms with van der Waals surface area (Å²) in [5.41, 5.74) is 2.01. The number of nitrogens with one attached hydrogen (secondary N) is 1. The predicted octanol–water partition coefficient (Wildman–Crippen LogP) is 6.43. The normalized spacial score (nSPS) is 11.1. The molecular formula is C21H17Cl2N3O2. The Morgan fingerprint density at radius 1 is 1.18 bits per heavy atom. The fourth-order valence-corrected chi connectivity index (χ4v) is 3.08. The molecule has 0 spiro atoms. The van der Waals surface area contributed by atoms with Crippen LogP contribution in [0.1, 0.15) is 26.3 Å². The largest absolute Gasteiger partial charge is 0.444 e. The van der Waals surface area contributed by atoms with E-state index in [1.807, 2.05) is 12.1 Å². The zero-order valence-corrected chi connectivity index (χ0v) is 17.0. The molecule has 0 radical (unpaired) electrons. The molecule has 0 fully saturated rings. The Hall–Kier alpha value is -2.81. The van der Waals surface area contributed by atoms with Gasteiger partial charge in [-0.2, -0.15) is 5.26 Å². The van der Waals surface area contributed by atoms with Crippen LogP contribution in [0.5, 0.6) is 0 Å². The highest BCUT2D eigenvalue weighted by Gasteiger charge is 2.20. The first-order valence-corrected chi connectivity index (χ1v) is 9.22. The number of hydrogen-bond acceptors (Lipinski definition) is 4. The number of pyridine rings is 1. The van der Waals surface area contributed by atoms with Crippen molar-refractivity contribution in [3.8, 4) is 17.2 Å². The van der Waals surface area contributed by atoms with E-state index in [9.17, 15) is 10.1 Å². The number of benzene rings is 2. The third kappa shape index (κ3) is 4.36. The van der Waals surface area contributed by atoms with Gasteiger partial charge >= 0.3 is 6.09 Å². The van der Waals surface area contributed by atoms with Crippen LogP contribution in [0.25, 0.3) is 22.0 Å². The van der Waals surface area contributed by atoms with E-state index >= 15 is 0 Å². The molecule has 1 N–H and O–H groups in total. The number of carbonyl (C=O) groups is 1. The first-order valence-electron chi connectivity index (χ1n) is 8.46. The lowest BCUT2D eigenvalue weighted by molar-refractivity contribution is 0.0636. The number of amides is 1. The van der Waals surface area contributed by atoms with Gasteiger partial charge in [0.05, 0.1) is 21.8 Å². The molecule has 0 saturated heterocycles. The van der Waals surface area contributed by atoms with Crippen LogP contribution in [-0.4, -0.2) is 16.7 Å². The van der Waals surface area contributed by atoms with E-state index < -0.39 is 11.7 Å². The summed E-state index contributed by atoms with van der Waals surface area (Å²) in [6.07, 6.45) is 0.743. The summed E-state index contributed by atoms with van der Waals surface area (Å²) in [6.45, 7) is 5.29. The van der Waals surface area contributed by atoms with Crippen molar-refractivity contribution in [2.75, 3.05) is 5.32 Å². The highest BCUT2D eigenvalue weighted by atomic mass is 35.5. The van der Waals surface area contributed by atoms with Crippen molar-refractivity contribution in [2.45, 2.75) is 26.4 Å². The Morgan fingerprint density at radius 3 is 2.46 bits per heavy atom. The summed E-state index contributed by atoms with van der Waals surface area (Å²) in [7, 11) is 0. The third-order valence-corrected chi connectivity index (χ3v) is 4.42. The fourth-order valence-electron chi connectivity index (χ4n) is 2.69. The van der Waals surface area contributed by atoms with Gasteiger partial charge in [-0.1, -0.05) is 35.3 Å². The number of hydrogen-bond donors (Lipinski definition) is 1. The number of nitrogens with zero attached hydrogens (tertiary/aromatic N) is 2. The van der Waals surface area contributed by atoms with Gasteiger partial charge in [-0.3, -0.25) is 10.3 Å². The van der Waals surface area contributed by atoms with Gasteiger partial charge in [0.15, 0.2) is 0 Å². The second-order valence-electron chi connectivity index (χ2n) is 7.14. The standard InChI is InChI=1S/C21H17Cl2N3O2/c1-21(2,3)28-20(27)26-19-13(10-24)11-25-18-9-17(23)15(8-16(18)19)12-4-6-14(22)7-5-12/h4-9,11H,1-3H3,(H,25,26,27).